The number of fused-ring (bicyclic) bond motifs is 1. The van der Waals surface area contributed by atoms with Gasteiger partial charge >= 0.3 is 0 Å². The van der Waals surface area contributed by atoms with Gasteiger partial charge in [0.05, 0.1) is 40.1 Å². The first-order valence-corrected chi connectivity index (χ1v) is 11.7. The van der Waals surface area contributed by atoms with Crippen LogP contribution in [0.25, 0.3) is 11.0 Å². The lowest BCUT2D eigenvalue weighted by Gasteiger charge is -2.26. The number of hydrogen-bond acceptors (Lipinski definition) is 6. The molecular formula is C24H28ClN7O2. The van der Waals surface area contributed by atoms with E-state index in [4.69, 9.17) is 11.6 Å². The first kappa shape index (κ1) is 23.8. The Morgan fingerprint density at radius 2 is 2.09 bits per heavy atom. The zero-order valence-corrected chi connectivity index (χ0v) is 20.1. The summed E-state index contributed by atoms with van der Waals surface area (Å²) in [5.74, 6) is 0.0424. The molecule has 1 unspecified atom stereocenters. The van der Waals surface area contributed by atoms with E-state index in [0.29, 0.717) is 41.7 Å². The van der Waals surface area contributed by atoms with E-state index < -0.39 is 0 Å². The standard InChI is InChI=1S/C24H28ClN7O2/c1-30(2)13-6-10-21(33)31-14-4-3-7-18(16-31)32-22-19(25)8-5-9-20(22)28-24(32)29-23(34)17-11-12-26-27-15-17/h5-6,8-12,15,18H,3-4,7,13-14,16H2,1-2H3,(H,28,29,34)/b10-6+. The van der Waals surface area contributed by atoms with Crippen LogP contribution in [0.1, 0.15) is 35.7 Å². The van der Waals surface area contributed by atoms with Crippen LogP contribution in [0, 0.1) is 0 Å². The second-order valence-electron chi connectivity index (χ2n) is 8.60. The Kier molecular flexibility index (Phi) is 7.54. The lowest BCUT2D eigenvalue weighted by molar-refractivity contribution is -0.126. The van der Waals surface area contributed by atoms with Gasteiger partial charge in [0.15, 0.2) is 0 Å². The van der Waals surface area contributed by atoms with Gasteiger partial charge in [-0.2, -0.15) is 10.2 Å². The molecule has 0 saturated carbocycles. The molecule has 10 heteroatoms. The van der Waals surface area contributed by atoms with E-state index >= 15 is 0 Å². The van der Waals surface area contributed by atoms with Crippen LogP contribution in [0.15, 0.2) is 48.8 Å². The molecule has 2 aromatic heterocycles. The van der Waals surface area contributed by atoms with E-state index in [-0.39, 0.29) is 17.9 Å². The average molecular weight is 482 g/mol. The smallest absolute Gasteiger partial charge is 0.259 e. The molecule has 0 spiro atoms. The van der Waals surface area contributed by atoms with Crippen LogP contribution in [0.2, 0.25) is 5.02 Å². The van der Waals surface area contributed by atoms with Crippen LogP contribution in [-0.2, 0) is 4.79 Å². The topological polar surface area (TPSA) is 96.2 Å². The van der Waals surface area contributed by atoms with Crippen molar-refractivity contribution >= 4 is 40.4 Å². The molecule has 0 aliphatic carbocycles. The molecule has 1 saturated heterocycles. The maximum Gasteiger partial charge on any atom is 0.259 e. The number of carbonyl (C=O) groups excluding carboxylic acids is 2. The number of para-hydroxylation sites is 1. The molecule has 178 valence electrons. The van der Waals surface area contributed by atoms with Crippen LogP contribution < -0.4 is 5.32 Å². The Bertz CT molecular complexity index is 1190. The summed E-state index contributed by atoms with van der Waals surface area (Å²) in [5, 5.41) is 11.0. The minimum Gasteiger partial charge on any atom is -0.337 e. The van der Waals surface area contributed by atoms with Gasteiger partial charge in [-0.25, -0.2) is 4.98 Å². The molecule has 34 heavy (non-hydrogen) atoms. The number of aromatic nitrogens is 4. The molecule has 1 N–H and O–H groups in total. The zero-order chi connectivity index (χ0) is 24.1. The second kappa shape index (κ2) is 10.8. The Balaban J connectivity index is 1.67. The van der Waals surface area contributed by atoms with Gasteiger partial charge in [0.25, 0.3) is 5.91 Å². The molecule has 1 aliphatic heterocycles. The van der Waals surface area contributed by atoms with Gasteiger partial charge in [-0.05, 0) is 51.6 Å². The third-order valence-corrected chi connectivity index (χ3v) is 6.09. The first-order chi connectivity index (χ1) is 16.4. The Morgan fingerprint density at radius 3 is 2.85 bits per heavy atom. The van der Waals surface area contributed by atoms with Crippen molar-refractivity contribution in [1.29, 1.82) is 0 Å². The predicted octanol–water partition coefficient (Wildman–Crippen LogP) is 3.40. The van der Waals surface area contributed by atoms with Gasteiger partial charge in [0.1, 0.15) is 0 Å². The van der Waals surface area contributed by atoms with Crippen molar-refractivity contribution in [3.05, 3.63) is 59.4 Å². The quantitative estimate of drug-likeness (QED) is 0.542. The molecule has 0 radical (unpaired) electrons. The number of imidazole rings is 1. The monoisotopic (exact) mass is 481 g/mol. The largest absolute Gasteiger partial charge is 0.337 e. The van der Waals surface area contributed by atoms with E-state index in [1.807, 2.05) is 52.7 Å². The number of nitrogens with zero attached hydrogens (tertiary/aromatic N) is 6. The van der Waals surface area contributed by atoms with E-state index in [0.717, 1.165) is 24.8 Å². The Morgan fingerprint density at radius 1 is 1.24 bits per heavy atom. The van der Waals surface area contributed by atoms with Gasteiger partial charge in [-0.1, -0.05) is 23.7 Å². The summed E-state index contributed by atoms with van der Waals surface area (Å²) in [6.07, 6.45) is 9.08. The third-order valence-electron chi connectivity index (χ3n) is 5.79. The number of carbonyl (C=O) groups is 2. The van der Waals surface area contributed by atoms with Crippen molar-refractivity contribution < 1.29 is 9.59 Å². The summed E-state index contributed by atoms with van der Waals surface area (Å²) < 4.78 is 1.97. The molecule has 0 bridgehead atoms. The lowest BCUT2D eigenvalue weighted by atomic mass is 10.1. The maximum atomic E-state index is 12.9. The van der Waals surface area contributed by atoms with Crippen molar-refractivity contribution in [1.82, 2.24) is 29.5 Å². The number of rotatable bonds is 6. The molecule has 1 fully saturated rings. The average Bonchev–Trinajstić information content (AvgIpc) is 3.01. The number of likely N-dealkylation sites (N-methyl/N-ethyl adjacent to an activating group) is 1. The van der Waals surface area contributed by atoms with Gasteiger partial charge in [-0.15, -0.1) is 0 Å². The normalized spacial score (nSPS) is 16.8. The first-order valence-electron chi connectivity index (χ1n) is 11.3. The van der Waals surface area contributed by atoms with E-state index in [1.54, 1.807) is 12.1 Å². The zero-order valence-electron chi connectivity index (χ0n) is 19.3. The van der Waals surface area contributed by atoms with Crippen molar-refractivity contribution in [2.75, 3.05) is 39.0 Å². The Labute approximate surface area is 203 Å². The number of benzene rings is 1. The molecule has 2 amide bonds. The van der Waals surface area contributed by atoms with Crippen LogP contribution in [0.5, 0.6) is 0 Å². The van der Waals surface area contributed by atoms with Crippen LogP contribution in [-0.4, -0.2) is 75.1 Å². The molecule has 9 nitrogen and oxygen atoms in total. The maximum absolute atomic E-state index is 12.9. The Hall–Kier alpha value is -3.30. The number of anilines is 1. The number of halogens is 1. The van der Waals surface area contributed by atoms with Crippen molar-refractivity contribution in [3.8, 4) is 0 Å². The highest BCUT2D eigenvalue weighted by Gasteiger charge is 2.27. The fraction of sp³-hybridized carbons (Fsp3) is 0.375. The van der Waals surface area contributed by atoms with Gasteiger partial charge in [0.2, 0.25) is 11.9 Å². The number of hydrogen-bond donors (Lipinski definition) is 1. The van der Waals surface area contributed by atoms with Gasteiger partial charge in [0, 0.05) is 25.7 Å². The summed E-state index contributed by atoms with van der Waals surface area (Å²) in [6.45, 7) is 1.89. The van der Waals surface area contributed by atoms with Crippen LogP contribution in [0.3, 0.4) is 0 Å². The summed E-state index contributed by atoms with van der Waals surface area (Å²) in [4.78, 5) is 34.3. The molecule has 4 rings (SSSR count). The highest BCUT2D eigenvalue weighted by Crippen LogP contribution is 2.34. The number of likely N-dealkylation sites (tertiary alicyclic amines) is 1. The molecule has 3 heterocycles. The molecular weight excluding hydrogens is 454 g/mol. The van der Waals surface area contributed by atoms with E-state index in [2.05, 4.69) is 20.5 Å². The fourth-order valence-corrected chi connectivity index (χ4v) is 4.41. The number of amides is 2. The van der Waals surface area contributed by atoms with Crippen LogP contribution >= 0.6 is 11.6 Å². The highest BCUT2D eigenvalue weighted by molar-refractivity contribution is 6.35. The lowest BCUT2D eigenvalue weighted by Crippen LogP contribution is -2.34. The van der Waals surface area contributed by atoms with Gasteiger partial charge < -0.3 is 14.4 Å². The molecule has 1 aliphatic rings. The highest BCUT2D eigenvalue weighted by atomic mass is 35.5. The van der Waals surface area contributed by atoms with E-state index in [1.165, 1.54) is 12.4 Å². The molecule has 1 aromatic carbocycles. The van der Waals surface area contributed by atoms with Crippen molar-refractivity contribution in [2.45, 2.75) is 25.3 Å². The van der Waals surface area contributed by atoms with E-state index in [9.17, 15) is 9.59 Å². The second-order valence-corrected chi connectivity index (χ2v) is 9.00. The van der Waals surface area contributed by atoms with Crippen molar-refractivity contribution in [3.63, 3.8) is 0 Å². The van der Waals surface area contributed by atoms with Crippen molar-refractivity contribution in [2.24, 2.45) is 0 Å². The van der Waals surface area contributed by atoms with Gasteiger partial charge in [-0.3, -0.25) is 14.9 Å². The van der Waals surface area contributed by atoms with Crippen LogP contribution in [0.4, 0.5) is 5.95 Å². The fourth-order valence-electron chi connectivity index (χ4n) is 4.15. The minimum atomic E-state index is -0.337. The third kappa shape index (κ3) is 5.43. The number of nitrogens with one attached hydrogen (secondary N) is 1. The SMILES string of the molecule is CN(C)C/C=C/C(=O)N1CCCCC(n2c(NC(=O)c3ccnnc3)nc3cccc(Cl)c32)C1. The molecule has 1 atom stereocenters. The molecule has 3 aromatic rings. The predicted molar refractivity (Wildman–Crippen MR) is 132 cm³/mol. The minimum absolute atomic E-state index is 0.0160. The summed E-state index contributed by atoms with van der Waals surface area (Å²) in [6, 6.07) is 7.01. The summed E-state index contributed by atoms with van der Waals surface area (Å²) in [5.41, 5.74) is 1.81. The summed E-state index contributed by atoms with van der Waals surface area (Å²) in [7, 11) is 3.92. The summed E-state index contributed by atoms with van der Waals surface area (Å²) >= 11 is 6.60.